The molecule has 0 aliphatic heterocycles. The first kappa shape index (κ1) is 16.5. The Hall–Kier alpha value is -0.600. The fraction of sp³-hybridized carbons (Fsp3) is 0.625. The summed E-state index contributed by atoms with van der Waals surface area (Å²) in [6.07, 6.45) is 6.96. The summed E-state index contributed by atoms with van der Waals surface area (Å²) in [7, 11) is 0. The van der Waals surface area contributed by atoms with Gasteiger partial charge in [-0.15, -0.1) is 0 Å². The second kappa shape index (κ2) is 9.33. The van der Waals surface area contributed by atoms with Gasteiger partial charge in [0.15, 0.2) is 0 Å². The molecule has 1 atom stereocenters. The van der Waals surface area contributed by atoms with E-state index in [1.165, 1.54) is 31.7 Å². The van der Waals surface area contributed by atoms with Gasteiger partial charge in [-0.2, -0.15) is 0 Å². The molecule has 108 valence electrons. The molecule has 0 radical (unpaired) electrons. The maximum atomic E-state index is 13.3. The van der Waals surface area contributed by atoms with Gasteiger partial charge in [0.2, 0.25) is 0 Å². The van der Waals surface area contributed by atoms with Gasteiger partial charge in [-0.1, -0.05) is 51.1 Å². The van der Waals surface area contributed by atoms with Crippen molar-refractivity contribution < 1.29 is 4.39 Å². The zero-order chi connectivity index (χ0) is 14.1. The van der Waals surface area contributed by atoms with Crippen LogP contribution in [0.3, 0.4) is 0 Å². The van der Waals surface area contributed by atoms with Gasteiger partial charge < -0.3 is 5.32 Å². The summed E-state index contributed by atoms with van der Waals surface area (Å²) in [5.41, 5.74) is 0.906. The van der Waals surface area contributed by atoms with Crippen LogP contribution >= 0.6 is 11.6 Å². The molecule has 1 aromatic carbocycles. The maximum absolute atomic E-state index is 13.3. The zero-order valence-corrected chi connectivity index (χ0v) is 12.8. The van der Waals surface area contributed by atoms with E-state index in [0.29, 0.717) is 11.1 Å². The molecule has 0 aliphatic rings. The largest absolute Gasteiger partial charge is 0.314 e. The van der Waals surface area contributed by atoms with Crippen molar-refractivity contribution in [2.24, 2.45) is 0 Å². The Balaban J connectivity index is 2.54. The quantitative estimate of drug-likeness (QED) is 0.632. The first-order valence-electron chi connectivity index (χ1n) is 7.34. The van der Waals surface area contributed by atoms with Crippen LogP contribution in [0.25, 0.3) is 0 Å². The van der Waals surface area contributed by atoms with Gasteiger partial charge in [-0.3, -0.25) is 0 Å². The van der Waals surface area contributed by atoms with Gasteiger partial charge in [-0.25, -0.2) is 4.39 Å². The Labute approximate surface area is 121 Å². The number of hydrogen-bond donors (Lipinski definition) is 1. The maximum Gasteiger partial charge on any atom is 0.123 e. The Morgan fingerprint density at radius 3 is 2.68 bits per heavy atom. The highest BCUT2D eigenvalue weighted by Crippen LogP contribution is 2.20. The number of hydrogen-bond acceptors (Lipinski definition) is 1. The molecule has 0 bridgehead atoms. The lowest BCUT2D eigenvalue weighted by atomic mass is 10.00. The van der Waals surface area contributed by atoms with Crippen LogP contribution in [0.15, 0.2) is 18.2 Å². The van der Waals surface area contributed by atoms with Crippen LogP contribution in [0.4, 0.5) is 4.39 Å². The topological polar surface area (TPSA) is 12.0 Å². The normalized spacial score (nSPS) is 12.6. The number of unbranched alkanes of at least 4 members (excludes halogenated alkanes) is 3. The molecule has 0 saturated heterocycles. The van der Waals surface area contributed by atoms with Crippen LogP contribution in [0, 0.1) is 5.82 Å². The standard InChI is InChI=1S/C16H25ClFN/c1-3-5-6-7-8-15(19-4-2)12-13-11-14(18)9-10-16(13)17/h9-11,15,19H,3-8,12H2,1-2H3. The molecule has 0 amide bonds. The fourth-order valence-electron chi connectivity index (χ4n) is 2.35. The van der Waals surface area contributed by atoms with E-state index in [9.17, 15) is 4.39 Å². The molecule has 1 N–H and O–H groups in total. The van der Waals surface area contributed by atoms with E-state index < -0.39 is 0 Å². The van der Waals surface area contributed by atoms with Crippen molar-refractivity contribution in [1.82, 2.24) is 5.32 Å². The highest BCUT2D eigenvalue weighted by atomic mass is 35.5. The van der Waals surface area contributed by atoms with Gasteiger partial charge in [-0.05, 0) is 43.1 Å². The average molecular weight is 286 g/mol. The lowest BCUT2D eigenvalue weighted by molar-refractivity contribution is 0.462. The number of benzene rings is 1. The molecular formula is C16H25ClFN. The van der Waals surface area contributed by atoms with Crippen molar-refractivity contribution in [3.05, 3.63) is 34.6 Å². The third kappa shape index (κ3) is 6.40. The third-order valence-electron chi connectivity index (χ3n) is 3.37. The predicted molar refractivity (Wildman–Crippen MR) is 81.3 cm³/mol. The van der Waals surface area contributed by atoms with E-state index >= 15 is 0 Å². The lowest BCUT2D eigenvalue weighted by Crippen LogP contribution is -2.31. The van der Waals surface area contributed by atoms with Gasteiger partial charge in [0.1, 0.15) is 5.82 Å². The summed E-state index contributed by atoms with van der Waals surface area (Å²) in [6.45, 7) is 5.26. The second-order valence-electron chi connectivity index (χ2n) is 5.04. The first-order valence-corrected chi connectivity index (χ1v) is 7.72. The third-order valence-corrected chi connectivity index (χ3v) is 3.74. The van der Waals surface area contributed by atoms with Crippen molar-refractivity contribution in [1.29, 1.82) is 0 Å². The molecule has 1 aromatic rings. The Morgan fingerprint density at radius 1 is 1.21 bits per heavy atom. The van der Waals surface area contributed by atoms with Crippen LogP contribution in [0.1, 0.15) is 51.5 Å². The number of rotatable bonds is 9. The van der Waals surface area contributed by atoms with Gasteiger partial charge in [0.25, 0.3) is 0 Å². The van der Waals surface area contributed by atoms with E-state index in [1.54, 1.807) is 12.1 Å². The monoisotopic (exact) mass is 285 g/mol. The molecular weight excluding hydrogens is 261 g/mol. The molecule has 0 aliphatic carbocycles. The van der Waals surface area contributed by atoms with E-state index in [2.05, 4.69) is 19.2 Å². The molecule has 1 nitrogen and oxygen atoms in total. The fourth-order valence-corrected chi connectivity index (χ4v) is 2.54. The molecule has 0 aromatic heterocycles. The number of nitrogens with one attached hydrogen (secondary N) is 1. The molecule has 1 unspecified atom stereocenters. The Bertz CT molecular complexity index is 368. The van der Waals surface area contributed by atoms with Crippen molar-refractivity contribution in [2.45, 2.75) is 58.4 Å². The van der Waals surface area contributed by atoms with Crippen LogP contribution in [0.5, 0.6) is 0 Å². The molecule has 19 heavy (non-hydrogen) atoms. The minimum atomic E-state index is -0.208. The van der Waals surface area contributed by atoms with E-state index in [1.807, 2.05) is 0 Å². The van der Waals surface area contributed by atoms with Crippen LogP contribution < -0.4 is 5.32 Å². The predicted octanol–water partition coefficient (Wildman–Crippen LogP) is 4.97. The smallest absolute Gasteiger partial charge is 0.123 e. The highest BCUT2D eigenvalue weighted by Gasteiger charge is 2.11. The van der Waals surface area contributed by atoms with Crippen molar-refractivity contribution in [2.75, 3.05) is 6.54 Å². The van der Waals surface area contributed by atoms with Gasteiger partial charge in [0, 0.05) is 11.1 Å². The minimum absolute atomic E-state index is 0.208. The van der Waals surface area contributed by atoms with E-state index in [-0.39, 0.29) is 5.82 Å². The van der Waals surface area contributed by atoms with Crippen LogP contribution in [-0.2, 0) is 6.42 Å². The highest BCUT2D eigenvalue weighted by molar-refractivity contribution is 6.31. The summed E-state index contributed by atoms with van der Waals surface area (Å²) in [6, 6.07) is 5.00. The van der Waals surface area contributed by atoms with Crippen molar-refractivity contribution >= 4 is 11.6 Å². The van der Waals surface area contributed by atoms with Gasteiger partial charge >= 0.3 is 0 Å². The summed E-state index contributed by atoms with van der Waals surface area (Å²) < 4.78 is 13.3. The van der Waals surface area contributed by atoms with E-state index in [4.69, 9.17) is 11.6 Å². The molecule has 0 fully saturated rings. The van der Waals surface area contributed by atoms with Crippen molar-refractivity contribution in [3.8, 4) is 0 Å². The average Bonchev–Trinajstić information content (AvgIpc) is 2.39. The summed E-state index contributed by atoms with van der Waals surface area (Å²) >= 11 is 6.13. The molecule has 3 heteroatoms. The van der Waals surface area contributed by atoms with Gasteiger partial charge in [0.05, 0.1) is 0 Å². The van der Waals surface area contributed by atoms with E-state index in [0.717, 1.165) is 24.9 Å². The van der Waals surface area contributed by atoms with Crippen LogP contribution in [-0.4, -0.2) is 12.6 Å². The molecule has 0 heterocycles. The molecule has 1 rings (SSSR count). The summed E-state index contributed by atoms with van der Waals surface area (Å²) in [4.78, 5) is 0. The second-order valence-corrected chi connectivity index (χ2v) is 5.45. The first-order chi connectivity index (χ1) is 9.17. The number of halogens is 2. The van der Waals surface area contributed by atoms with Crippen LogP contribution in [0.2, 0.25) is 5.02 Å². The summed E-state index contributed by atoms with van der Waals surface area (Å²) in [5, 5.41) is 4.14. The molecule has 0 saturated carbocycles. The lowest BCUT2D eigenvalue weighted by Gasteiger charge is -2.18. The summed E-state index contributed by atoms with van der Waals surface area (Å²) in [5.74, 6) is -0.208. The Kier molecular flexibility index (Phi) is 8.08. The van der Waals surface area contributed by atoms with Crippen molar-refractivity contribution in [3.63, 3.8) is 0 Å². The number of likely N-dealkylation sites (N-methyl/N-ethyl adjacent to an activating group) is 1. The molecule has 0 spiro atoms. The Morgan fingerprint density at radius 2 is 2.00 bits per heavy atom. The SMILES string of the molecule is CCCCCCC(Cc1cc(F)ccc1Cl)NCC. The zero-order valence-electron chi connectivity index (χ0n) is 12.0. The minimum Gasteiger partial charge on any atom is -0.314 e.